The summed E-state index contributed by atoms with van der Waals surface area (Å²) < 4.78 is 0. The molecular weight excluding hydrogens is 292 g/mol. The first kappa shape index (κ1) is 14.2. The lowest BCUT2D eigenvalue weighted by atomic mass is 9.97. The highest BCUT2D eigenvalue weighted by atomic mass is 16.2. The zero-order valence-corrected chi connectivity index (χ0v) is 12.9. The van der Waals surface area contributed by atoms with Crippen LogP contribution in [0.4, 0.5) is 5.95 Å². The summed E-state index contributed by atoms with van der Waals surface area (Å²) in [5.41, 5.74) is 1.73. The van der Waals surface area contributed by atoms with E-state index >= 15 is 0 Å². The molecule has 2 fully saturated rings. The molecule has 2 N–H and O–H groups in total. The first-order valence-electron chi connectivity index (χ1n) is 8.25. The fourth-order valence-electron chi connectivity index (χ4n) is 3.21. The molecule has 120 valence electrons. The molecule has 0 unspecified atom stereocenters. The summed E-state index contributed by atoms with van der Waals surface area (Å²) in [5, 5.41) is 2.86. The first-order valence-corrected chi connectivity index (χ1v) is 8.25. The summed E-state index contributed by atoms with van der Waals surface area (Å²) in [5.74, 6) is 0.706. The number of carbonyl (C=O) groups excluding carboxylic acids is 2. The number of H-pyrrole nitrogens is 1. The molecule has 1 atom stereocenters. The number of aromatic nitrogens is 2. The number of likely N-dealkylation sites (tertiary alicyclic amines) is 1. The minimum atomic E-state index is -0.153. The van der Waals surface area contributed by atoms with Crippen molar-refractivity contribution >= 4 is 28.8 Å². The molecule has 1 aliphatic carbocycles. The number of hydrogen-bond donors (Lipinski definition) is 2. The number of nitrogens with one attached hydrogen (secondary N) is 2. The lowest BCUT2D eigenvalue weighted by molar-refractivity contribution is -0.135. The van der Waals surface area contributed by atoms with Crippen LogP contribution < -0.4 is 5.32 Å². The summed E-state index contributed by atoms with van der Waals surface area (Å²) in [6.45, 7) is 1.31. The van der Waals surface area contributed by atoms with Gasteiger partial charge in [0.05, 0.1) is 17.0 Å². The second-order valence-corrected chi connectivity index (χ2v) is 6.49. The average molecular weight is 312 g/mol. The Labute approximate surface area is 134 Å². The zero-order chi connectivity index (χ0) is 15.8. The number of carbonyl (C=O) groups is 2. The summed E-state index contributed by atoms with van der Waals surface area (Å²) in [7, 11) is 0. The normalized spacial score (nSPS) is 21.4. The van der Waals surface area contributed by atoms with Crippen LogP contribution in [0.5, 0.6) is 0 Å². The number of benzene rings is 1. The fraction of sp³-hybridized carbons (Fsp3) is 0.471. The number of para-hydroxylation sites is 2. The summed E-state index contributed by atoms with van der Waals surface area (Å²) in [6.07, 6.45) is 3.72. The molecule has 1 saturated heterocycles. The Kier molecular flexibility index (Phi) is 3.52. The van der Waals surface area contributed by atoms with Crippen LogP contribution in [0.1, 0.15) is 25.7 Å². The predicted octanol–water partition coefficient (Wildman–Crippen LogP) is 2.15. The highest BCUT2D eigenvalue weighted by Crippen LogP contribution is 2.32. The molecule has 0 bridgehead atoms. The maximum Gasteiger partial charge on any atom is 0.231 e. The van der Waals surface area contributed by atoms with E-state index in [2.05, 4.69) is 15.3 Å². The third-order valence-electron chi connectivity index (χ3n) is 4.66. The standard InChI is InChI=1S/C17H20N4O2/c22-15(20-17-18-13-5-1-2-6-14(13)19-17)12-4-3-9-21(10-12)16(23)11-7-8-11/h1-2,5-6,11-12H,3-4,7-10H2,(H2,18,19,20,22)/t12-/m0/s1. The van der Waals surface area contributed by atoms with Gasteiger partial charge in [-0.1, -0.05) is 12.1 Å². The molecule has 2 aromatic rings. The van der Waals surface area contributed by atoms with Crippen molar-refractivity contribution in [2.24, 2.45) is 11.8 Å². The fourth-order valence-corrected chi connectivity index (χ4v) is 3.21. The molecule has 2 aliphatic rings. The van der Waals surface area contributed by atoms with Gasteiger partial charge in [-0.25, -0.2) is 4.98 Å². The van der Waals surface area contributed by atoms with Crippen molar-refractivity contribution in [2.75, 3.05) is 18.4 Å². The summed E-state index contributed by atoms with van der Waals surface area (Å²) in [4.78, 5) is 34.0. The number of aromatic amines is 1. The van der Waals surface area contributed by atoms with Crippen LogP contribution in [-0.2, 0) is 9.59 Å². The van der Waals surface area contributed by atoms with Gasteiger partial charge < -0.3 is 9.88 Å². The van der Waals surface area contributed by atoms with E-state index in [0.717, 1.165) is 43.3 Å². The number of nitrogens with zero attached hydrogens (tertiary/aromatic N) is 2. The maximum atomic E-state index is 12.5. The van der Waals surface area contributed by atoms with E-state index in [1.54, 1.807) is 0 Å². The van der Waals surface area contributed by atoms with E-state index < -0.39 is 0 Å². The van der Waals surface area contributed by atoms with Gasteiger partial charge >= 0.3 is 0 Å². The average Bonchev–Trinajstić information content (AvgIpc) is 3.34. The third-order valence-corrected chi connectivity index (χ3v) is 4.66. The zero-order valence-electron chi connectivity index (χ0n) is 12.9. The SMILES string of the molecule is O=C(Nc1nc2ccccc2[nH]1)[C@H]1CCCN(C(=O)C2CC2)C1. The second-order valence-electron chi connectivity index (χ2n) is 6.49. The number of anilines is 1. The van der Waals surface area contributed by atoms with E-state index in [1.807, 2.05) is 29.2 Å². The Morgan fingerprint density at radius 1 is 1.17 bits per heavy atom. The van der Waals surface area contributed by atoms with E-state index in [0.29, 0.717) is 12.5 Å². The second kappa shape index (κ2) is 5.68. The molecule has 2 heterocycles. The van der Waals surface area contributed by atoms with Crippen molar-refractivity contribution in [2.45, 2.75) is 25.7 Å². The Morgan fingerprint density at radius 2 is 2.00 bits per heavy atom. The highest BCUT2D eigenvalue weighted by Gasteiger charge is 2.36. The van der Waals surface area contributed by atoms with E-state index in [9.17, 15) is 9.59 Å². The smallest absolute Gasteiger partial charge is 0.231 e. The number of piperidine rings is 1. The molecule has 0 spiro atoms. The highest BCUT2D eigenvalue weighted by molar-refractivity contribution is 5.93. The third kappa shape index (κ3) is 2.93. The van der Waals surface area contributed by atoms with Crippen molar-refractivity contribution in [1.82, 2.24) is 14.9 Å². The van der Waals surface area contributed by atoms with Crippen LogP contribution in [-0.4, -0.2) is 39.8 Å². The number of fused-ring (bicyclic) bond motifs is 1. The number of amides is 2. The molecule has 2 amide bonds. The summed E-state index contributed by atoms with van der Waals surface area (Å²) in [6, 6.07) is 7.67. The molecule has 1 saturated carbocycles. The Bertz CT molecular complexity index is 717. The van der Waals surface area contributed by atoms with Gasteiger partial charge in [-0.3, -0.25) is 14.9 Å². The van der Waals surface area contributed by atoms with E-state index in [4.69, 9.17) is 0 Å². The van der Waals surface area contributed by atoms with Crippen molar-refractivity contribution in [3.8, 4) is 0 Å². The van der Waals surface area contributed by atoms with Crippen LogP contribution in [0.25, 0.3) is 11.0 Å². The lowest BCUT2D eigenvalue weighted by Crippen LogP contribution is -2.44. The monoisotopic (exact) mass is 312 g/mol. The molecule has 6 heteroatoms. The minimum absolute atomic E-state index is 0.0580. The molecule has 1 aliphatic heterocycles. The number of imidazole rings is 1. The minimum Gasteiger partial charge on any atom is -0.342 e. The molecule has 6 nitrogen and oxygen atoms in total. The van der Waals surface area contributed by atoms with Gasteiger partial charge in [-0.15, -0.1) is 0 Å². The molecule has 1 aromatic carbocycles. The Morgan fingerprint density at radius 3 is 2.78 bits per heavy atom. The van der Waals surface area contributed by atoms with Crippen LogP contribution >= 0.6 is 0 Å². The van der Waals surface area contributed by atoms with Crippen LogP contribution in [0, 0.1) is 11.8 Å². The van der Waals surface area contributed by atoms with E-state index in [1.165, 1.54) is 0 Å². The van der Waals surface area contributed by atoms with Gasteiger partial charge in [-0.2, -0.15) is 0 Å². The van der Waals surface area contributed by atoms with Crippen LogP contribution in [0.15, 0.2) is 24.3 Å². The molecule has 1 aromatic heterocycles. The number of rotatable bonds is 3. The van der Waals surface area contributed by atoms with Gasteiger partial charge in [0.15, 0.2) is 0 Å². The largest absolute Gasteiger partial charge is 0.342 e. The maximum absolute atomic E-state index is 12.5. The van der Waals surface area contributed by atoms with Gasteiger partial charge in [0, 0.05) is 19.0 Å². The van der Waals surface area contributed by atoms with Gasteiger partial charge in [0.25, 0.3) is 0 Å². The molecule has 23 heavy (non-hydrogen) atoms. The predicted molar refractivity (Wildman–Crippen MR) is 86.8 cm³/mol. The first-order chi connectivity index (χ1) is 11.2. The van der Waals surface area contributed by atoms with Crippen molar-refractivity contribution in [3.63, 3.8) is 0 Å². The Balaban J connectivity index is 1.42. The van der Waals surface area contributed by atoms with Gasteiger partial charge in [-0.05, 0) is 37.8 Å². The molecular formula is C17H20N4O2. The van der Waals surface area contributed by atoms with Crippen LogP contribution in [0.2, 0.25) is 0 Å². The summed E-state index contributed by atoms with van der Waals surface area (Å²) >= 11 is 0. The van der Waals surface area contributed by atoms with Crippen molar-refractivity contribution in [1.29, 1.82) is 0 Å². The molecule has 4 rings (SSSR count). The Hall–Kier alpha value is -2.37. The number of hydrogen-bond acceptors (Lipinski definition) is 3. The van der Waals surface area contributed by atoms with Crippen molar-refractivity contribution < 1.29 is 9.59 Å². The van der Waals surface area contributed by atoms with Gasteiger partial charge in [0.2, 0.25) is 17.8 Å². The topological polar surface area (TPSA) is 78.1 Å². The van der Waals surface area contributed by atoms with Gasteiger partial charge in [0.1, 0.15) is 0 Å². The van der Waals surface area contributed by atoms with Crippen LogP contribution in [0.3, 0.4) is 0 Å². The molecule has 0 radical (unpaired) electrons. The quantitative estimate of drug-likeness (QED) is 0.911. The lowest BCUT2D eigenvalue weighted by Gasteiger charge is -2.32. The van der Waals surface area contributed by atoms with E-state index in [-0.39, 0.29) is 23.7 Å². The van der Waals surface area contributed by atoms with Crippen molar-refractivity contribution in [3.05, 3.63) is 24.3 Å².